The molecule has 0 fully saturated rings. The fourth-order valence-corrected chi connectivity index (χ4v) is 2.88. The second-order valence-corrected chi connectivity index (χ2v) is 5.89. The second-order valence-electron chi connectivity index (χ2n) is 5.89. The highest BCUT2D eigenvalue weighted by Gasteiger charge is 2.29. The number of hydrogen-bond acceptors (Lipinski definition) is 9. The van der Waals surface area contributed by atoms with Crippen molar-refractivity contribution >= 4 is 11.9 Å². The SMILES string of the molecule is COC(=O)C[C@@H](c1cc(OC)c(O)c(OC)c1)c1c(O)c(C(=O)OC)c[nH]c1=O. The summed E-state index contributed by atoms with van der Waals surface area (Å²) in [6, 6.07) is 2.77. The molecule has 0 spiro atoms. The molecule has 0 saturated carbocycles. The Balaban J connectivity index is 2.79. The van der Waals surface area contributed by atoms with Gasteiger partial charge in [-0.3, -0.25) is 9.59 Å². The Hall–Kier alpha value is -3.69. The molecule has 3 N–H and O–H groups in total. The number of benzene rings is 1. The van der Waals surface area contributed by atoms with Gasteiger partial charge in [0.25, 0.3) is 5.56 Å². The first kappa shape index (κ1) is 21.6. The van der Waals surface area contributed by atoms with Crippen molar-refractivity contribution in [3.63, 3.8) is 0 Å². The molecule has 0 radical (unpaired) electrons. The maximum absolute atomic E-state index is 12.5. The van der Waals surface area contributed by atoms with Gasteiger partial charge in [-0.05, 0) is 17.7 Å². The Labute approximate surface area is 165 Å². The van der Waals surface area contributed by atoms with E-state index in [2.05, 4.69) is 9.72 Å². The number of phenols is 1. The van der Waals surface area contributed by atoms with Gasteiger partial charge in [0.05, 0.1) is 40.4 Å². The molecule has 1 heterocycles. The van der Waals surface area contributed by atoms with Crippen molar-refractivity contribution in [3.05, 3.63) is 45.4 Å². The van der Waals surface area contributed by atoms with Crippen molar-refractivity contribution < 1.29 is 38.7 Å². The molecule has 29 heavy (non-hydrogen) atoms. The minimum absolute atomic E-state index is 0.0225. The number of aromatic nitrogens is 1. The Bertz CT molecular complexity index is 955. The molecule has 0 amide bonds. The quantitative estimate of drug-likeness (QED) is 0.578. The number of carbonyl (C=O) groups is 2. The normalized spacial score (nSPS) is 11.4. The summed E-state index contributed by atoms with van der Waals surface area (Å²) in [5.41, 5.74) is -0.970. The Kier molecular flexibility index (Phi) is 6.71. The number of esters is 2. The van der Waals surface area contributed by atoms with E-state index in [1.165, 1.54) is 33.5 Å². The van der Waals surface area contributed by atoms with E-state index < -0.39 is 29.2 Å². The average molecular weight is 407 g/mol. The molecule has 1 aromatic heterocycles. The van der Waals surface area contributed by atoms with Gasteiger partial charge in [-0.2, -0.15) is 0 Å². The summed E-state index contributed by atoms with van der Waals surface area (Å²) in [6.07, 6.45) is 0.662. The molecule has 1 aromatic carbocycles. The van der Waals surface area contributed by atoms with Gasteiger partial charge in [0.15, 0.2) is 11.5 Å². The minimum atomic E-state index is -1.06. The molecule has 0 unspecified atom stereocenters. The maximum atomic E-state index is 12.5. The monoisotopic (exact) mass is 407 g/mol. The number of methoxy groups -OCH3 is 4. The predicted molar refractivity (Wildman–Crippen MR) is 99.8 cm³/mol. The molecule has 0 aliphatic carbocycles. The molecule has 0 aliphatic rings. The van der Waals surface area contributed by atoms with E-state index >= 15 is 0 Å². The summed E-state index contributed by atoms with van der Waals surface area (Å²) in [5.74, 6) is -3.48. The highest BCUT2D eigenvalue weighted by molar-refractivity contribution is 5.92. The van der Waals surface area contributed by atoms with Crippen LogP contribution >= 0.6 is 0 Å². The molecule has 0 bridgehead atoms. The zero-order valence-corrected chi connectivity index (χ0v) is 16.3. The molecule has 2 rings (SSSR count). The zero-order chi connectivity index (χ0) is 21.7. The molecular weight excluding hydrogens is 386 g/mol. The van der Waals surface area contributed by atoms with Crippen molar-refractivity contribution in [1.29, 1.82) is 0 Å². The number of phenolic OH excluding ortho intramolecular Hbond substituents is 1. The lowest BCUT2D eigenvalue weighted by atomic mass is 9.87. The minimum Gasteiger partial charge on any atom is -0.506 e. The lowest BCUT2D eigenvalue weighted by molar-refractivity contribution is -0.140. The summed E-state index contributed by atoms with van der Waals surface area (Å²) < 4.78 is 19.5. The van der Waals surface area contributed by atoms with Gasteiger partial charge < -0.3 is 34.1 Å². The Morgan fingerprint density at radius 3 is 2.07 bits per heavy atom. The van der Waals surface area contributed by atoms with E-state index in [0.717, 1.165) is 13.3 Å². The third-order valence-electron chi connectivity index (χ3n) is 4.36. The fraction of sp³-hybridized carbons (Fsp3) is 0.316. The van der Waals surface area contributed by atoms with Crippen LogP contribution in [0, 0.1) is 0 Å². The molecule has 1 atom stereocenters. The maximum Gasteiger partial charge on any atom is 0.343 e. The van der Waals surface area contributed by atoms with E-state index in [1.807, 2.05) is 0 Å². The van der Waals surface area contributed by atoms with E-state index in [1.54, 1.807) is 0 Å². The molecule has 0 aliphatic heterocycles. The predicted octanol–water partition coefficient (Wildman–Crippen LogP) is 1.28. The molecule has 10 heteroatoms. The molecular formula is C19H21NO9. The first-order valence-electron chi connectivity index (χ1n) is 8.33. The number of ether oxygens (including phenoxy) is 4. The summed E-state index contributed by atoms with van der Waals surface area (Å²) in [4.78, 5) is 38.8. The largest absolute Gasteiger partial charge is 0.506 e. The van der Waals surface area contributed by atoms with Gasteiger partial charge in [-0.15, -0.1) is 0 Å². The Morgan fingerprint density at radius 1 is 1.00 bits per heavy atom. The number of nitrogens with one attached hydrogen (secondary N) is 1. The summed E-state index contributed by atoms with van der Waals surface area (Å²) in [5, 5.41) is 20.7. The lowest BCUT2D eigenvalue weighted by Crippen LogP contribution is -2.22. The van der Waals surface area contributed by atoms with Crippen LogP contribution in [0.1, 0.15) is 33.8 Å². The number of aromatic hydroxyl groups is 2. The van der Waals surface area contributed by atoms with E-state index in [9.17, 15) is 24.6 Å². The van der Waals surface area contributed by atoms with E-state index in [4.69, 9.17) is 14.2 Å². The molecule has 156 valence electrons. The van der Waals surface area contributed by atoms with Crippen LogP contribution in [0.2, 0.25) is 0 Å². The fourth-order valence-electron chi connectivity index (χ4n) is 2.88. The first-order valence-corrected chi connectivity index (χ1v) is 8.33. The van der Waals surface area contributed by atoms with Crippen LogP contribution in [0.25, 0.3) is 0 Å². The van der Waals surface area contributed by atoms with Gasteiger partial charge in [0, 0.05) is 12.1 Å². The summed E-state index contributed by atoms with van der Waals surface area (Å²) in [6.45, 7) is 0. The van der Waals surface area contributed by atoms with E-state index in [-0.39, 0.29) is 34.8 Å². The number of hydrogen-bond donors (Lipinski definition) is 3. The number of aromatic amines is 1. The highest BCUT2D eigenvalue weighted by Crippen LogP contribution is 2.42. The van der Waals surface area contributed by atoms with Gasteiger partial charge >= 0.3 is 11.9 Å². The van der Waals surface area contributed by atoms with Crippen molar-refractivity contribution in [3.8, 4) is 23.0 Å². The van der Waals surface area contributed by atoms with Crippen molar-refractivity contribution in [2.24, 2.45) is 0 Å². The average Bonchev–Trinajstić information content (AvgIpc) is 2.72. The zero-order valence-electron chi connectivity index (χ0n) is 16.3. The van der Waals surface area contributed by atoms with Crippen molar-refractivity contribution in [2.75, 3.05) is 28.4 Å². The number of pyridine rings is 1. The van der Waals surface area contributed by atoms with Crippen LogP contribution in [0.3, 0.4) is 0 Å². The lowest BCUT2D eigenvalue weighted by Gasteiger charge is -2.20. The van der Waals surface area contributed by atoms with Crippen LogP contribution in [0.4, 0.5) is 0 Å². The summed E-state index contributed by atoms with van der Waals surface area (Å²) in [7, 11) is 4.92. The van der Waals surface area contributed by atoms with Crippen LogP contribution in [-0.2, 0) is 14.3 Å². The van der Waals surface area contributed by atoms with Crippen LogP contribution < -0.4 is 15.0 Å². The molecule has 2 aromatic rings. The van der Waals surface area contributed by atoms with Crippen LogP contribution in [0.15, 0.2) is 23.1 Å². The molecule has 10 nitrogen and oxygen atoms in total. The smallest absolute Gasteiger partial charge is 0.343 e. The van der Waals surface area contributed by atoms with Crippen molar-refractivity contribution in [2.45, 2.75) is 12.3 Å². The topological polar surface area (TPSA) is 144 Å². The Morgan fingerprint density at radius 2 is 1.59 bits per heavy atom. The van der Waals surface area contributed by atoms with Crippen LogP contribution in [-0.4, -0.2) is 55.6 Å². The van der Waals surface area contributed by atoms with Gasteiger partial charge in [0.2, 0.25) is 5.75 Å². The number of H-pyrrole nitrogens is 1. The van der Waals surface area contributed by atoms with Gasteiger partial charge in [-0.1, -0.05) is 0 Å². The highest BCUT2D eigenvalue weighted by atomic mass is 16.5. The number of rotatable bonds is 7. The van der Waals surface area contributed by atoms with E-state index in [0.29, 0.717) is 5.56 Å². The van der Waals surface area contributed by atoms with Gasteiger partial charge in [0.1, 0.15) is 11.3 Å². The molecule has 0 saturated heterocycles. The van der Waals surface area contributed by atoms with Crippen LogP contribution in [0.5, 0.6) is 23.0 Å². The third-order valence-corrected chi connectivity index (χ3v) is 4.36. The van der Waals surface area contributed by atoms with Gasteiger partial charge in [-0.25, -0.2) is 4.79 Å². The second kappa shape index (κ2) is 9.00. The van der Waals surface area contributed by atoms with Crippen molar-refractivity contribution in [1.82, 2.24) is 4.98 Å². The third kappa shape index (κ3) is 4.26. The first-order chi connectivity index (χ1) is 13.8. The summed E-state index contributed by atoms with van der Waals surface area (Å²) >= 11 is 0. The standard InChI is InChI=1S/C19H21NO9/c1-26-12-5-9(6-13(27-2)17(12)23)10(7-14(21)28-3)15-16(22)11(19(25)29-4)8-20-18(15)24/h5-6,8,10,23H,7H2,1-4H3,(H2,20,22,24)/t10-/m0/s1. The number of carbonyl (C=O) groups excluding carboxylic acids is 2.